The van der Waals surface area contributed by atoms with E-state index in [1.807, 2.05) is 12.1 Å². The molecule has 0 aliphatic rings. The molecule has 0 radical (unpaired) electrons. The number of hydrogen-bond donors (Lipinski definition) is 2. The maximum atomic E-state index is 6.29. The van der Waals surface area contributed by atoms with Crippen molar-refractivity contribution in [2.24, 2.45) is 17.4 Å². The van der Waals surface area contributed by atoms with E-state index in [0.29, 0.717) is 12.5 Å². The van der Waals surface area contributed by atoms with E-state index in [1.165, 1.54) is 16.3 Å². The summed E-state index contributed by atoms with van der Waals surface area (Å²) in [6.07, 6.45) is 0.946. The Balaban J connectivity index is 2.31. The molecule has 2 atom stereocenters. The summed E-state index contributed by atoms with van der Waals surface area (Å²) >= 11 is 0. The highest BCUT2D eigenvalue weighted by molar-refractivity contribution is 5.84. The molecule has 3 heteroatoms. The first-order valence-corrected chi connectivity index (χ1v) is 6.69. The van der Waals surface area contributed by atoms with Crippen LogP contribution >= 0.6 is 0 Å². The number of rotatable bonds is 5. The molecule has 0 saturated carbocycles. The van der Waals surface area contributed by atoms with E-state index in [2.05, 4.69) is 31.2 Å². The lowest BCUT2D eigenvalue weighted by molar-refractivity contribution is 0.415. The zero-order chi connectivity index (χ0) is 13.8. The van der Waals surface area contributed by atoms with Crippen molar-refractivity contribution in [3.8, 4) is 5.75 Å². The molecule has 0 spiro atoms. The standard InChI is InChI=1S/C16H22N2O/c1-11(7-8-17)16(18)14-4-3-13-10-15(19-2)6-5-12(13)9-14/h3-6,9-11,16H,7-8,17-18H2,1-2H3. The van der Waals surface area contributed by atoms with E-state index in [9.17, 15) is 0 Å². The van der Waals surface area contributed by atoms with Gasteiger partial charge in [0.15, 0.2) is 0 Å². The molecule has 0 bridgehead atoms. The highest BCUT2D eigenvalue weighted by atomic mass is 16.5. The Bertz CT molecular complexity index is 553. The molecule has 4 N–H and O–H groups in total. The first kappa shape index (κ1) is 13.8. The van der Waals surface area contributed by atoms with Gasteiger partial charge in [-0.3, -0.25) is 0 Å². The highest BCUT2D eigenvalue weighted by Crippen LogP contribution is 2.27. The van der Waals surface area contributed by atoms with Crippen molar-refractivity contribution in [2.75, 3.05) is 13.7 Å². The number of nitrogens with two attached hydrogens (primary N) is 2. The molecule has 2 rings (SSSR count). The second-order valence-corrected chi connectivity index (χ2v) is 5.05. The fourth-order valence-electron chi connectivity index (χ4n) is 2.35. The van der Waals surface area contributed by atoms with Crippen LogP contribution in [0.25, 0.3) is 10.8 Å². The predicted octanol–water partition coefficient (Wildman–Crippen LogP) is 2.83. The molecule has 2 aromatic carbocycles. The van der Waals surface area contributed by atoms with Gasteiger partial charge in [-0.15, -0.1) is 0 Å². The van der Waals surface area contributed by atoms with Crippen LogP contribution in [0.1, 0.15) is 24.9 Å². The van der Waals surface area contributed by atoms with Gasteiger partial charge in [0.1, 0.15) is 5.75 Å². The molecular formula is C16H22N2O. The van der Waals surface area contributed by atoms with Crippen LogP contribution in [0.3, 0.4) is 0 Å². The van der Waals surface area contributed by atoms with E-state index in [1.54, 1.807) is 7.11 Å². The Hall–Kier alpha value is -1.58. The average Bonchev–Trinajstić information content (AvgIpc) is 2.45. The Morgan fingerprint density at radius 3 is 2.47 bits per heavy atom. The van der Waals surface area contributed by atoms with Crippen LogP contribution in [0.5, 0.6) is 5.75 Å². The van der Waals surface area contributed by atoms with Crippen molar-refractivity contribution in [2.45, 2.75) is 19.4 Å². The molecule has 0 saturated heterocycles. The Labute approximate surface area is 114 Å². The van der Waals surface area contributed by atoms with Crippen molar-refractivity contribution in [1.82, 2.24) is 0 Å². The van der Waals surface area contributed by atoms with Crippen molar-refractivity contribution in [1.29, 1.82) is 0 Å². The quantitative estimate of drug-likeness (QED) is 0.867. The summed E-state index contributed by atoms with van der Waals surface area (Å²) in [5.41, 5.74) is 13.1. The van der Waals surface area contributed by atoms with Gasteiger partial charge in [-0.2, -0.15) is 0 Å². The number of hydrogen-bond acceptors (Lipinski definition) is 3. The lowest BCUT2D eigenvalue weighted by Crippen LogP contribution is -2.21. The summed E-state index contributed by atoms with van der Waals surface area (Å²) in [5, 5.41) is 2.36. The second kappa shape index (κ2) is 6.04. The van der Waals surface area contributed by atoms with Gasteiger partial charge >= 0.3 is 0 Å². The fraction of sp³-hybridized carbons (Fsp3) is 0.375. The smallest absolute Gasteiger partial charge is 0.119 e. The zero-order valence-electron chi connectivity index (χ0n) is 11.6. The molecule has 2 unspecified atom stereocenters. The lowest BCUT2D eigenvalue weighted by atomic mass is 9.91. The van der Waals surface area contributed by atoms with Gasteiger partial charge in [0.2, 0.25) is 0 Å². The van der Waals surface area contributed by atoms with E-state index >= 15 is 0 Å². The van der Waals surface area contributed by atoms with Crippen molar-refractivity contribution in [3.05, 3.63) is 42.0 Å². The maximum Gasteiger partial charge on any atom is 0.119 e. The Morgan fingerprint density at radius 1 is 1.11 bits per heavy atom. The van der Waals surface area contributed by atoms with E-state index in [0.717, 1.165) is 12.2 Å². The number of ether oxygens (including phenoxy) is 1. The molecule has 0 aliphatic heterocycles. The van der Waals surface area contributed by atoms with Crippen LogP contribution in [-0.4, -0.2) is 13.7 Å². The van der Waals surface area contributed by atoms with Gasteiger partial charge in [0, 0.05) is 6.04 Å². The van der Waals surface area contributed by atoms with Crippen LogP contribution in [0.4, 0.5) is 0 Å². The topological polar surface area (TPSA) is 61.3 Å². The molecule has 19 heavy (non-hydrogen) atoms. The molecule has 0 amide bonds. The van der Waals surface area contributed by atoms with Crippen LogP contribution in [0, 0.1) is 5.92 Å². The van der Waals surface area contributed by atoms with Crippen molar-refractivity contribution >= 4 is 10.8 Å². The third kappa shape index (κ3) is 3.06. The lowest BCUT2D eigenvalue weighted by Gasteiger charge is -2.20. The number of benzene rings is 2. The summed E-state index contributed by atoms with van der Waals surface area (Å²) in [7, 11) is 1.68. The largest absolute Gasteiger partial charge is 0.497 e. The molecule has 102 valence electrons. The molecule has 0 aromatic heterocycles. The second-order valence-electron chi connectivity index (χ2n) is 5.05. The molecule has 2 aromatic rings. The minimum absolute atomic E-state index is 0.0371. The van der Waals surface area contributed by atoms with Crippen LogP contribution < -0.4 is 16.2 Å². The maximum absolute atomic E-state index is 6.29. The van der Waals surface area contributed by atoms with E-state index < -0.39 is 0 Å². The fourth-order valence-corrected chi connectivity index (χ4v) is 2.35. The van der Waals surface area contributed by atoms with E-state index in [-0.39, 0.29) is 6.04 Å². The minimum Gasteiger partial charge on any atom is -0.497 e. The molecule has 0 heterocycles. The summed E-state index contributed by atoms with van der Waals surface area (Å²) in [6, 6.07) is 12.5. The predicted molar refractivity (Wildman–Crippen MR) is 80.3 cm³/mol. The average molecular weight is 258 g/mol. The summed E-state index contributed by atoms with van der Waals surface area (Å²) < 4.78 is 5.23. The Morgan fingerprint density at radius 2 is 1.79 bits per heavy atom. The summed E-state index contributed by atoms with van der Waals surface area (Å²) in [6.45, 7) is 2.83. The molecule has 0 fully saturated rings. The highest BCUT2D eigenvalue weighted by Gasteiger charge is 2.14. The first-order valence-electron chi connectivity index (χ1n) is 6.69. The first-order chi connectivity index (χ1) is 9.15. The Kier molecular flexibility index (Phi) is 4.40. The molecule has 0 aliphatic carbocycles. The monoisotopic (exact) mass is 258 g/mol. The van der Waals surface area contributed by atoms with Gasteiger partial charge < -0.3 is 16.2 Å². The van der Waals surface area contributed by atoms with Gasteiger partial charge in [-0.05, 0) is 53.4 Å². The third-order valence-electron chi connectivity index (χ3n) is 3.69. The van der Waals surface area contributed by atoms with Gasteiger partial charge in [0.05, 0.1) is 7.11 Å². The van der Waals surface area contributed by atoms with E-state index in [4.69, 9.17) is 16.2 Å². The van der Waals surface area contributed by atoms with Crippen LogP contribution in [0.2, 0.25) is 0 Å². The van der Waals surface area contributed by atoms with Crippen molar-refractivity contribution < 1.29 is 4.74 Å². The van der Waals surface area contributed by atoms with Gasteiger partial charge in [0.25, 0.3) is 0 Å². The molecule has 3 nitrogen and oxygen atoms in total. The number of fused-ring (bicyclic) bond motifs is 1. The van der Waals surface area contributed by atoms with Gasteiger partial charge in [-0.1, -0.05) is 25.1 Å². The van der Waals surface area contributed by atoms with Crippen LogP contribution in [0.15, 0.2) is 36.4 Å². The summed E-state index contributed by atoms with van der Waals surface area (Å²) in [4.78, 5) is 0. The van der Waals surface area contributed by atoms with Gasteiger partial charge in [-0.25, -0.2) is 0 Å². The zero-order valence-corrected chi connectivity index (χ0v) is 11.6. The minimum atomic E-state index is 0.0371. The third-order valence-corrected chi connectivity index (χ3v) is 3.69. The SMILES string of the molecule is COc1ccc2cc(C(N)C(C)CCN)ccc2c1. The van der Waals surface area contributed by atoms with Crippen LogP contribution in [-0.2, 0) is 0 Å². The molecular weight excluding hydrogens is 236 g/mol. The summed E-state index contributed by atoms with van der Waals surface area (Å²) in [5.74, 6) is 1.27. The number of methoxy groups -OCH3 is 1. The van der Waals surface area contributed by atoms with Crippen molar-refractivity contribution in [3.63, 3.8) is 0 Å². The normalized spacial score (nSPS) is 14.3.